The molecule has 2 nitrogen and oxygen atoms in total. The van der Waals surface area contributed by atoms with Crippen LogP contribution in [0.3, 0.4) is 0 Å². The van der Waals surface area contributed by atoms with Crippen LogP contribution in [0.25, 0.3) is 0 Å². The molecule has 0 saturated carbocycles. The maximum Gasteiger partial charge on any atom is 0.133 e. The lowest BCUT2D eigenvalue weighted by Crippen LogP contribution is -2.05. The highest BCUT2D eigenvalue weighted by Crippen LogP contribution is 2.25. The molecule has 0 heterocycles. The Morgan fingerprint density at radius 1 is 0.947 bits per heavy atom. The van der Waals surface area contributed by atoms with Gasteiger partial charge >= 0.3 is 0 Å². The fourth-order valence-electron chi connectivity index (χ4n) is 1.54. The van der Waals surface area contributed by atoms with Gasteiger partial charge in [0.05, 0.1) is 17.7 Å². The van der Waals surface area contributed by atoms with Crippen LogP contribution in [0.5, 0.6) is 11.5 Å². The monoisotopic (exact) mass is 324 g/mol. The first kappa shape index (κ1) is 13.9. The van der Waals surface area contributed by atoms with Crippen molar-refractivity contribution in [3.63, 3.8) is 0 Å². The topological polar surface area (TPSA) is 18.5 Å². The predicted molar refractivity (Wildman–Crippen MR) is 76.1 cm³/mol. The molecule has 0 saturated heterocycles. The molecule has 0 radical (unpaired) electrons. The van der Waals surface area contributed by atoms with Crippen LogP contribution < -0.4 is 9.47 Å². The number of para-hydroxylation sites is 1. The average molecular weight is 325 g/mol. The van der Waals surface area contributed by atoms with Crippen molar-refractivity contribution in [3.05, 3.63) is 58.8 Å². The summed E-state index contributed by atoms with van der Waals surface area (Å²) in [6.45, 7) is 1.11. The minimum atomic E-state index is -0.286. The van der Waals surface area contributed by atoms with E-state index in [1.54, 1.807) is 6.07 Å². The lowest BCUT2D eigenvalue weighted by atomic mass is 10.3. The van der Waals surface area contributed by atoms with Crippen LogP contribution in [0.4, 0.5) is 4.39 Å². The summed E-state index contributed by atoms with van der Waals surface area (Å²) in [7, 11) is 0. The van der Waals surface area contributed by atoms with Gasteiger partial charge in [-0.05, 0) is 46.3 Å². The molecule has 0 aliphatic heterocycles. The predicted octanol–water partition coefficient (Wildman–Crippen LogP) is 4.44. The van der Waals surface area contributed by atoms with E-state index in [2.05, 4.69) is 15.9 Å². The van der Waals surface area contributed by atoms with Gasteiger partial charge in [0, 0.05) is 6.42 Å². The Balaban J connectivity index is 1.69. The summed E-state index contributed by atoms with van der Waals surface area (Å²) in [4.78, 5) is 0. The van der Waals surface area contributed by atoms with Gasteiger partial charge in [-0.3, -0.25) is 0 Å². The van der Waals surface area contributed by atoms with Gasteiger partial charge < -0.3 is 9.47 Å². The highest BCUT2D eigenvalue weighted by Gasteiger charge is 2.02. The third-order valence-corrected chi connectivity index (χ3v) is 3.07. The van der Waals surface area contributed by atoms with Crippen LogP contribution in [0, 0.1) is 5.82 Å². The van der Waals surface area contributed by atoms with Crippen molar-refractivity contribution in [3.8, 4) is 11.5 Å². The van der Waals surface area contributed by atoms with Gasteiger partial charge in [0.15, 0.2) is 0 Å². The Labute approximate surface area is 120 Å². The van der Waals surface area contributed by atoms with E-state index in [4.69, 9.17) is 9.47 Å². The second-order valence-electron chi connectivity index (χ2n) is 3.94. The molecule has 0 aromatic heterocycles. The summed E-state index contributed by atoms with van der Waals surface area (Å²) < 4.78 is 24.6. The molecule has 2 rings (SSSR count). The molecule has 0 atom stereocenters. The molecular formula is C15H14BrFO2. The molecule has 19 heavy (non-hydrogen) atoms. The fourth-order valence-corrected chi connectivity index (χ4v) is 2.01. The van der Waals surface area contributed by atoms with E-state index < -0.39 is 0 Å². The molecule has 0 bridgehead atoms. The lowest BCUT2D eigenvalue weighted by Gasteiger charge is -2.09. The largest absolute Gasteiger partial charge is 0.493 e. The van der Waals surface area contributed by atoms with Crippen molar-refractivity contribution in [1.82, 2.24) is 0 Å². The Hall–Kier alpha value is -1.55. The van der Waals surface area contributed by atoms with Gasteiger partial charge in [-0.15, -0.1) is 0 Å². The highest BCUT2D eigenvalue weighted by atomic mass is 79.9. The standard InChI is InChI=1S/C15H14BrFO2/c16-14-11-12(17)7-8-15(14)19-10-4-9-18-13-5-2-1-3-6-13/h1-3,5-8,11H,4,9-10H2. The summed E-state index contributed by atoms with van der Waals surface area (Å²) in [5, 5.41) is 0. The molecule has 0 amide bonds. The summed E-state index contributed by atoms with van der Waals surface area (Å²) >= 11 is 3.26. The minimum Gasteiger partial charge on any atom is -0.493 e. The van der Waals surface area contributed by atoms with E-state index in [-0.39, 0.29) is 5.82 Å². The van der Waals surface area contributed by atoms with Crippen LogP contribution in [0.15, 0.2) is 53.0 Å². The van der Waals surface area contributed by atoms with Gasteiger partial charge in [0.1, 0.15) is 17.3 Å². The van der Waals surface area contributed by atoms with E-state index in [1.165, 1.54) is 12.1 Å². The smallest absolute Gasteiger partial charge is 0.133 e. The average Bonchev–Trinajstić information content (AvgIpc) is 2.42. The number of hydrogen-bond donors (Lipinski definition) is 0. The van der Waals surface area contributed by atoms with E-state index in [0.717, 1.165) is 12.2 Å². The summed E-state index contributed by atoms with van der Waals surface area (Å²) in [6, 6.07) is 14.0. The first-order valence-corrected chi connectivity index (χ1v) is 6.81. The molecule has 0 N–H and O–H groups in total. The molecule has 0 spiro atoms. The number of rotatable bonds is 6. The zero-order chi connectivity index (χ0) is 13.5. The molecule has 2 aromatic rings. The highest BCUT2D eigenvalue weighted by molar-refractivity contribution is 9.10. The van der Waals surface area contributed by atoms with E-state index >= 15 is 0 Å². The zero-order valence-corrected chi connectivity index (χ0v) is 11.9. The Bertz CT molecular complexity index is 517. The quantitative estimate of drug-likeness (QED) is 0.731. The van der Waals surface area contributed by atoms with Gasteiger partial charge in [-0.25, -0.2) is 4.39 Å². The van der Waals surface area contributed by atoms with Crippen molar-refractivity contribution in [1.29, 1.82) is 0 Å². The number of benzene rings is 2. The molecule has 0 fully saturated rings. The SMILES string of the molecule is Fc1ccc(OCCCOc2ccccc2)c(Br)c1. The van der Waals surface area contributed by atoms with Crippen LogP contribution in [-0.4, -0.2) is 13.2 Å². The first-order chi connectivity index (χ1) is 9.25. The maximum absolute atomic E-state index is 12.9. The van der Waals surface area contributed by atoms with E-state index in [0.29, 0.717) is 23.4 Å². The fraction of sp³-hybridized carbons (Fsp3) is 0.200. The van der Waals surface area contributed by atoms with Crippen molar-refractivity contribution in [2.45, 2.75) is 6.42 Å². The summed E-state index contributed by atoms with van der Waals surface area (Å²) in [6.07, 6.45) is 0.763. The molecular weight excluding hydrogens is 311 g/mol. The van der Waals surface area contributed by atoms with Crippen LogP contribution in [0.2, 0.25) is 0 Å². The summed E-state index contributed by atoms with van der Waals surface area (Å²) in [5.41, 5.74) is 0. The van der Waals surface area contributed by atoms with Crippen LogP contribution in [-0.2, 0) is 0 Å². The molecule has 4 heteroatoms. The van der Waals surface area contributed by atoms with Gasteiger partial charge in [-0.2, -0.15) is 0 Å². The second kappa shape index (κ2) is 7.14. The third kappa shape index (κ3) is 4.56. The van der Waals surface area contributed by atoms with Crippen LogP contribution >= 0.6 is 15.9 Å². The number of hydrogen-bond acceptors (Lipinski definition) is 2. The molecule has 0 aliphatic carbocycles. The van der Waals surface area contributed by atoms with Gasteiger partial charge in [0.25, 0.3) is 0 Å². The molecule has 2 aromatic carbocycles. The Kier molecular flexibility index (Phi) is 5.21. The molecule has 100 valence electrons. The van der Waals surface area contributed by atoms with Gasteiger partial charge in [0.2, 0.25) is 0 Å². The number of halogens is 2. The zero-order valence-electron chi connectivity index (χ0n) is 10.3. The van der Waals surface area contributed by atoms with Crippen molar-refractivity contribution < 1.29 is 13.9 Å². The van der Waals surface area contributed by atoms with E-state index in [9.17, 15) is 4.39 Å². The third-order valence-electron chi connectivity index (χ3n) is 2.45. The minimum absolute atomic E-state index is 0.286. The second-order valence-corrected chi connectivity index (χ2v) is 4.79. The van der Waals surface area contributed by atoms with Crippen molar-refractivity contribution >= 4 is 15.9 Å². The molecule has 0 aliphatic rings. The van der Waals surface area contributed by atoms with E-state index in [1.807, 2.05) is 30.3 Å². The summed E-state index contributed by atoms with van der Waals surface area (Å²) in [5.74, 6) is 1.21. The number of ether oxygens (including phenoxy) is 2. The Morgan fingerprint density at radius 3 is 2.42 bits per heavy atom. The van der Waals surface area contributed by atoms with Crippen molar-refractivity contribution in [2.75, 3.05) is 13.2 Å². The van der Waals surface area contributed by atoms with Crippen molar-refractivity contribution in [2.24, 2.45) is 0 Å². The molecule has 0 unspecified atom stereocenters. The van der Waals surface area contributed by atoms with Crippen LogP contribution in [0.1, 0.15) is 6.42 Å². The normalized spacial score (nSPS) is 10.2. The maximum atomic E-state index is 12.9. The van der Waals surface area contributed by atoms with Gasteiger partial charge in [-0.1, -0.05) is 18.2 Å². The lowest BCUT2D eigenvalue weighted by molar-refractivity contribution is 0.246. The first-order valence-electron chi connectivity index (χ1n) is 6.01. The Morgan fingerprint density at radius 2 is 1.68 bits per heavy atom.